The monoisotopic (exact) mass is 599 g/mol. The van der Waals surface area contributed by atoms with Crippen LogP contribution in [-0.4, -0.2) is 96.8 Å². The summed E-state index contributed by atoms with van der Waals surface area (Å²) in [6.45, 7) is -0.120. The summed E-state index contributed by atoms with van der Waals surface area (Å²) in [5.41, 5.74) is 0.373. The van der Waals surface area contributed by atoms with Gasteiger partial charge in [-0.3, -0.25) is 23.8 Å². The summed E-state index contributed by atoms with van der Waals surface area (Å²) in [5, 5.41) is 24.6. The molecule has 4 rings (SSSR count). The predicted octanol–water partition coefficient (Wildman–Crippen LogP) is -0.904. The number of hydrogen-bond acceptors (Lipinski definition) is 12. The van der Waals surface area contributed by atoms with E-state index < -0.39 is 50.9 Å². The Morgan fingerprint density at radius 1 is 1.33 bits per heavy atom. The third-order valence-electron chi connectivity index (χ3n) is 5.69. The smallest absolute Gasteiger partial charge is 0.352 e. The molecule has 1 saturated heterocycles. The fraction of sp³-hybridized carbons (Fsp3) is 0.350. The molecule has 1 aromatic heterocycles. The van der Waals surface area contributed by atoms with E-state index in [2.05, 4.69) is 25.9 Å². The standard InChI is InChI=1S/C20H21N7O9S3/c28-9-36-15(10-4-2-1-3-5-10)16(29)22-13-17(30)27-14(19(31)32)11(8-37-18(13)27)12(6-7-21-39(33,34)35)38-20-23-25-26-24-20/h1-5,9,12-13,15,18,21H,6-8H2,(H,22,29)(H,31,32)(H,33,34,35)(H,23,24,25,26)/t12?,13?,15?,18-/m0/s1. The SMILES string of the molecule is O=COC(C(=O)NC1C(=O)N2C(C(=O)O)=C(C(CCNS(=O)(=O)O)Sc3nnn[nH]3)CS[C@@H]12)c1ccccc1. The lowest BCUT2D eigenvalue weighted by atomic mass is 9.99. The number of nitrogens with zero attached hydrogens (tertiary/aromatic N) is 4. The molecule has 0 aliphatic carbocycles. The van der Waals surface area contributed by atoms with Gasteiger partial charge in [-0.15, -0.1) is 16.9 Å². The minimum Gasteiger partial charge on any atom is -0.477 e. The number of fused-ring (bicyclic) bond motifs is 1. The molecule has 16 nitrogen and oxygen atoms in total. The number of aromatic nitrogens is 4. The number of hydrogen-bond donors (Lipinski definition) is 5. The van der Waals surface area contributed by atoms with E-state index in [1.807, 2.05) is 4.72 Å². The number of aromatic amines is 1. The van der Waals surface area contributed by atoms with Gasteiger partial charge in [0.25, 0.3) is 18.3 Å². The number of tetrazole rings is 1. The van der Waals surface area contributed by atoms with Crippen LogP contribution in [0.5, 0.6) is 0 Å². The maximum absolute atomic E-state index is 13.1. The largest absolute Gasteiger partial charge is 0.477 e. The van der Waals surface area contributed by atoms with Crippen molar-refractivity contribution < 1.29 is 42.0 Å². The number of carboxylic acids is 1. The van der Waals surface area contributed by atoms with E-state index in [1.165, 1.54) is 11.8 Å². The Balaban J connectivity index is 1.56. The van der Waals surface area contributed by atoms with Gasteiger partial charge in [0.1, 0.15) is 17.1 Å². The first-order chi connectivity index (χ1) is 18.6. The summed E-state index contributed by atoms with van der Waals surface area (Å²) >= 11 is 2.21. The topological polar surface area (TPSA) is 234 Å². The van der Waals surface area contributed by atoms with Crippen LogP contribution in [0.1, 0.15) is 18.1 Å². The van der Waals surface area contributed by atoms with Crippen molar-refractivity contribution in [2.75, 3.05) is 12.3 Å². The summed E-state index contributed by atoms with van der Waals surface area (Å²) in [5.74, 6) is -2.72. The van der Waals surface area contributed by atoms with Crippen LogP contribution < -0.4 is 10.0 Å². The van der Waals surface area contributed by atoms with Crippen molar-refractivity contribution in [3.63, 3.8) is 0 Å². The van der Waals surface area contributed by atoms with Crippen LogP contribution in [0.4, 0.5) is 0 Å². The molecule has 39 heavy (non-hydrogen) atoms. The van der Waals surface area contributed by atoms with Crippen LogP contribution in [0.2, 0.25) is 0 Å². The van der Waals surface area contributed by atoms with E-state index in [-0.39, 0.29) is 36.0 Å². The number of benzene rings is 1. The molecule has 2 aliphatic heterocycles. The van der Waals surface area contributed by atoms with Gasteiger partial charge in [0.2, 0.25) is 11.3 Å². The number of thioether (sulfide) groups is 2. The van der Waals surface area contributed by atoms with E-state index in [4.69, 9.17) is 9.29 Å². The Hall–Kier alpha value is -3.52. The fourth-order valence-corrected chi connectivity index (χ4v) is 6.98. The van der Waals surface area contributed by atoms with Crippen molar-refractivity contribution >= 4 is 58.1 Å². The van der Waals surface area contributed by atoms with Crippen molar-refractivity contribution in [3.05, 3.63) is 47.2 Å². The molecular weight excluding hydrogens is 578 g/mol. The normalized spacial score (nSPS) is 20.4. The molecule has 2 aliphatic rings. The highest BCUT2D eigenvalue weighted by Crippen LogP contribution is 2.44. The van der Waals surface area contributed by atoms with Gasteiger partial charge in [0.05, 0.1) is 0 Å². The quantitative estimate of drug-likeness (QED) is 0.0812. The second kappa shape index (κ2) is 12.1. The van der Waals surface area contributed by atoms with Crippen LogP contribution in [0, 0.1) is 0 Å². The van der Waals surface area contributed by atoms with Gasteiger partial charge < -0.3 is 15.2 Å². The third kappa shape index (κ3) is 6.56. The van der Waals surface area contributed by atoms with Crippen LogP contribution in [0.15, 0.2) is 46.8 Å². The molecule has 5 N–H and O–H groups in total. The zero-order valence-electron chi connectivity index (χ0n) is 19.7. The number of aliphatic carboxylic acids is 1. The summed E-state index contributed by atoms with van der Waals surface area (Å²) in [6.07, 6.45) is -1.29. The average Bonchev–Trinajstić information content (AvgIpc) is 3.41. The summed E-state index contributed by atoms with van der Waals surface area (Å²) < 4.78 is 38.1. The Bertz CT molecular complexity index is 1370. The van der Waals surface area contributed by atoms with E-state index in [0.717, 1.165) is 16.7 Å². The number of carbonyl (C=O) groups excluding carboxylic acids is 3. The van der Waals surface area contributed by atoms with Gasteiger partial charge in [-0.2, -0.15) is 13.1 Å². The minimum atomic E-state index is -4.49. The molecule has 1 fully saturated rings. The first-order valence-electron chi connectivity index (χ1n) is 11.1. The molecular formula is C20H21N7O9S3. The second-order valence-corrected chi connectivity index (χ2v) is 11.6. The summed E-state index contributed by atoms with van der Waals surface area (Å²) in [7, 11) is -4.49. The second-order valence-electron chi connectivity index (χ2n) is 8.07. The van der Waals surface area contributed by atoms with Crippen LogP contribution in [0.25, 0.3) is 0 Å². The first kappa shape index (κ1) is 28.5. The molecule has 2 aromatic rings. The van der Waals surface area contributed by atoms with Gasteiger partial charge in [-0.05, 0) is 22.4 Å². The molecule has 1 aromatic carbocycles. The maximum Gasteiger partial charge on any atom is 0.352 e. The van der Waals surface area contributed by atoms with Gasteiger partial charge in [0.15, 0.2) is 0 Å². The van der Waals surface area contributed by atoms with E-state index in [1.54, 1.807) is 30.3 Å². The van der Waals surface area contributed by atoms with Crippen LogP contribution in [-0.2, 0) is 34.2 Å². The van der Waals surface area contributed by atoms with Gasteiger partial charge >= 0.3 is 16.3 Å². The molecule has 0 bridgehead atoms. The molecule has 0 radical (unpaired) electrons. The maximum atomic E-state index is 13.1. The highest BCUT2D eigenvalue weighted by atomic mass is 32.2. The van der Waals surface area contributed by atoms with Gasteiger partial charge in [-0.1, -0.05) is 42.1 Å². The molecule has 2 amide bonds. The highest BCUT2D eigenvalue weighted by Gasteiger charge is 2.55. The van der Waals surface area contributed by atoms with E-state index in [9.17, 15) is 32.7 Å². The number of carboxylic acid groups (broad SMARTS) is 1. The van der Waals surface area contributed by atoms with Crippen molar-refractivity contribution in [2.24, 2.45) is 0 Å². The molecule has 0 spiro atoms. The molecule has 3 unspecified atom stereocenters. The lowest BCUT2D eigenvalue weighted by molar-refractivity contribution is -0.154. The van der Waals surface area contributed by atoms with E-state index in [0.29, 0.717) is 11.1 Å². The number of ether oxygens (including phenoxy) is 1. The highest BCUT2D eigenvalue weighted by molar-refractivity contribution is 8.01. The predicted molar refractivity (Wildman–Crippen MR) is 134 cm³/mol. The molecule has 4 atom stereocenters. The van der Waals surface area contributed by atoms with Crippen molar-refractivity contribution in [2.45, 2.75) is 34.3 Å². The van der Waals surface area contributed by atoms with Crippen LogP contribution >= 0.6 is 23.5 Å². The van der Waals surface area contributed by atoms with Gasteiger partial charge in [-0.25, -0.2) is 9.89 Å². The van der Waals surface area contributed by atoms with Crippen molar-refractivity contribution in [1.82, 2.24) is 35.6 Å². The molecule has 3 heterocycles. The number of β-lactam (4-membered cyclic amide) rings is 1. The fourth-order valence-electron chi connectivity index (χ4n) is 4.05. The lowest BCUT2D eigenvalue weighted by Crippen LogP contribution is -2.71. The van der Waals surface area contributed by atoms with Crippen molar-refractivity contribution in [1.29, 1.82) is 0 Å². The number of H-pyrrole nitrogens is 1. The Morgan fingerprint density at radius 3 is 2.69 bits per heavy atom. The Morgan fingerprint density at radius 2 is 2.08 bits per heavy atom. The van der Waals surface area contributed by atoms with Crippen molar-refractivity contribution in [3.8, 4) is 0 Å². The third-order valence-corrected chi connectivity index (χ3v) is 8.76. The minimum absolute atomic E-state index is 0.0203. The van der Waals surface area contributed by atoms with Gasteiger partial charge in [0, 0.05) is 23.1 Å². The lowest BCUT2D eigenvalue weighted by Gasteiger charge is -2.50. The first-order valence-corrected chi connectivity index (χ1v) is 14.5. The molecule has 0 saturated carbocycles. The number of rotatable bonds is 13. The number of nitrogens with one attached hydrogen (secondary N) is 3. The molecule has 208 valence electrons. The number of carbonyl (C=O) groups is 4. The zero-order chi connectivity index (χ0) is 28.2. The molecule has 19 heteroatoms. The number of amides is 2. The summed E-state index contributed by atoms with van der Waals surface area (Å²) in [6, 6.07) is 7.09. The zero-order valence-corrected chi connectivity index (χ0v) is 22.1. The average molecular weight is 600 g/mol. The Kier molecular flexibility index (Phi) is 8.85. The Labute approximate surface area is 229 Å². The summed E-state index contributed by atoms with van der Waals surface area (Å²) in [4.78, 5) is 50.4. The van der Waals surface area contributed by atoms with E-state index >= 15 is 0 Å². The van der Waals surface area contributed by atoms with Crippen LogP contribution in [0.3, 0.4) is 0 Å².